The SMILES string of the molecule is CNC1CCC(Nc2ncc([N+](=O)[O-])cc2Br)CC1. The van der Waals surface area contributed by atoms with Gasteiger partial charge in [0.2, 0.25) is 0 Å². The van der Waals surface area contributed by atoms with Crippen LogP contribution in [0, 0.1) is 10.1 Å². The standard InChI is InChI=1S/C12H17BrN4O2/c1-14-8-2-4-9(5-3-8)16-12-11(13)6-10(7-15-12)17(18)19/h6-9,14H,2-5H2,1H3,(H,15,16). The lowest BCUT2D eigenvalue weighted by atomic mass is 9.91. The van der Waals surface area contributed by atoms with E-state index in [4.69, 9.17) is 0 Å². The molecule has 19 heavy (non-hydrogen) atoms. The van der Waals surface area contributed by atoms with Crippen molar-refractivity contribution in [3.05, 3.63) is 26.9 Å². The highest BCUT2D eigenvalue weighted by molar-refractivity contribution is 9.10. The van der Waals surface area contributed by atoms with Crippen LogP contribution in [-0.4, -0.2) is 29.0 Å². The lowest BCUT2D eigenvalue weighted by Gasteiger charge is -2.29. The quantitative estimate of drug-likeness (QED) is 0.656. The first-order chi connectivity index (χ1) is 9.10. The summed E-state index contributed by atoms with van der Waals surface area (Å²) in [5.41, 5.74) is -0.00341. The monoisotopic (exact) mass is 328 g/mol. The van der Waals surface area contributed by atoms with Gasteiger partial charge in [0.05, 0.1) is 9.40 Å². The summed E-state index contributed by atoms with van der Waals surface area (Å²) in [6.45, 7) is 0. The van der Waals surface area contributed by atoms with Gasteiger partial charge in [-0.15, -0.1) is 0 Å². The van der Waals surface area contributed by atoms with Crippen molar-refractivity contribution in [2.45, 2.75) is 37.8 Å². The van der Waals surface area contributed by atoms with Crippen molar-refractivity contribution in [2.75, 3.05) is 12.4 Å². The van der Waals surface area contributed by atoms with Crippen LogP contribution in [-0.2, 0) is 0 Å². The van der Waals surface area contributed by atoms with Gasteiger partial charge in [-0.1, -0.05) is 0 Å². The van der Waals surface area contributed by atoms with Crippen molar-refractivity contribution in [3.63, 3.8) is 0 Å². The predicted octanol–water partition coefficient (Wildman–Crippen LogP) is 2.69. The number of aromatic nitrogens is 1. The van der Waals surface area contributed by atoms with Crippen molar-refractivity contribution in [1.29, 1.82) is 0 Å². The highest BCUT2D eigenvalue weighted by atomic mass is 79.9. The summed E-state index contributed by atoms with van der Waals surface area (Å²) < 4.78 is 0.637. The van der Waals surface area contributed by atoms with Crippen molar-refractivity contribution < 1.29 is 4.92 Å². The molecule has 0 atom stereocenters. The van der Waals surface area contributed by atoms with E-state index in [1.54, 1.807) is 0 Å². The number of nitro groups is 1. The maximum Gasteiger partial charge on any atom is 0.288 e. The van der Waals surface area contributed by atoms with E-state index in [2.05, 4.69) is 31.5 Å². The molecule has 1 aromatic heterocycles. The third-order valence-corrected chi connectivity index (χ3v) is 4.12. The average Bonchev–Trinajstić information content (AvgIpc) is 2.41. The number of hydrogen-bond acceptors (Lipinski definition) is 5. The minimum atomic E-state index is -0.445. The Labute approximate surface area is 120 Å². The van der Waals surface area contributed by atoms with E-state index in [0.29, 0.717) is 22.4 Å². The van der Waals surface area contributed by atoms with Crippen molar-refractivity contribution in [1.82, 2.24) is 10.3 Å². The molecule has 0 unspecified atom stereocenters. The molecule has 1 aliphatic rings. The molecule has 0 spiro atoms. The molecule has 7 heteroatoms. The second kappa shape index (κ2) is 6.29. The molecule has 0 amide bonds. The number of nitrogens with one attached hydrogen (secondary N) is 2. The van der Waals surface area contributed by atoms with Gasteiger partial charge < -0.3 is 10.6 Å². The first kappa shape index (κ1) is 14.2. The van der Waals surface area contributed by atoms with Crippen LogP contribution in [0.15, 0.2) is 16.7 Å². The first-order valence-corrected chi connectivity index (χ1v) is 7.13. The zero-order chi connectivity index (χ0) is 13.8. The zero-order valence-electron chi connectivity index (χ0n) is 10.7. The molecule has 2 N–H and O–H groups in total. The van der Waals surface area contributed by atoms with Gasteiger partial charge in [0.25, 0.3) is 5.69 Å². The van der Waals surface area contributed by atoms with E-state index in [0.717, 1.165) is 25.7 Å². The molecule has 1 heterocycles. The highest BCUT2D eigenvalue weighted by Gasteiger charge is 2.21. The van der Waals surface area contributed by atoms with Crippen molar-refractivity contribution in [2.24, 2.45) is 0 Å². The maximum atomic E-state index is 10.6. The van der Waals surface area contributed by atoms with Gasteiger partial charge in [0.1, 0.15) is 12.0 Å². The molecule has 1 fully saturated rings. The second-order valence-corrected chi connectivity index (χ2v) is 5.62. The Morgan fingerprint density at radius 2 is 2.00 bits per heavy atom. The third kappa shape index (κ3) is 3.63. The molecular formula is C12H17BrN4O2. The molecule has 0 saturated heterocycles. The number of hydrogen-bond donors (Lipinski definition) is 2. The second-order valence-electron chi connectivity index (χ2n) is 4.76. The van der Waals surface area contributed by atoms with Gasteiger partial charge in [-0.2, -0.15) is 0 Å². The Kier molecular flexibility index (Phi) is 4.71. The summed E-state index contributed by atoms with van der Waals surface area (Å²) in [6.07, 6.45) is 5.72. The normalized spacial score (nSPS) is 23.1. The van der Waals surface area contributed by atoms with Crippen molar-refractivity contribution in [3.8, 4) is 0 Å². The zero-order valence-corrected chi connectivity index (χ0v) is 12.3. The molecule has 0 aromatic carbocycles. The molecule has 0 aliphatic heterocycles. The summed E-state index contributed by atoms with van der Waals surface area (Å²) in [4.78, 5) is 14.3. The number of anilines is 1. The molecule has 1 aromatic rings. The van der Waals surface area contributed by atoms with Gasteiger partial charge >= 0.3 is 0 Å². The van der Waals surface area contributed by atoms with E-state index >= 15 is 0 Å². The highest BCUT2D eigenvalue weighted by Crippen LogP contribution is 2.28. The number of nitrogens with zero attached hydrogens (tertiary/aromatic N) is 2. The fraction of sp³-hybridized carbons (Fsp3) is 0.583. The van der Waals surface area contributed by atoms with Crippen LogP contribution in [0.2, 0.25) is 0 Å². The minimum Gasteiger partial charge on any atom is -0.366 e. The van der Waals surface area contributed by atoms with Gasteiger partial charge in [0, 0.05) is 18.2 Å². The molecule has 0 radical (unpaired) electrons. The van der Waals surface area contributed by atoms with Gasteiger partial charge in [0.15, 0.2) is 0 Å². The number of halogens is 1. The Morgan fingerprint density at radius 3 is 2.53 bits per heavy atom. The van der Waals surface area contributed by atoms with E-state index in [1.807, 2.05) is 7.05 Å². The molecule has 104 valence electrons. The van der Waals surface area contributed by atoms with Crippen LogP contribution in [0.3, 0.4) is 0 Å². The first-order valence-electron chi connectivity index (χ1n) is 6.34. The van der Waals surface area contributed by atoms with E-state index in [1.165, 1.54) is 12.3 Å². The molecular weight excluding hydrogens is 312 g/mol. The fourth-order valence-electron chi connectivity index (χ4n) is 2.35. The van der Waals surface area contributed by atoms with Crippen LogP contribution in [0.1, 0.15) is 25.7 Å². The number of pyridine rings is 1. The van der Waals surface area contributed by atoms with Crippen LogP contribution in [0.4, 0.5) is 11.5 Å². The maximum absolute atomic E-state index is 10.6. The molecule has 2 rings (SSSR count). The average molecular weight is 329 g/mol. The van der Waals surface area contributed by atoms with Gasteiger partial charge in [-0.25, -0.2) is 4.98 Å². The van der Waals surface area contributed by atoms with Crippen LogP contribution >= 0.6 is 15.9 Å². The Bertz CT molecular complexity index is 461. The fourth-order valence-corrected chi connectivity index (χ4v) is 2.81. The van der Waals surface area contributed by atoms with Crippen LogP contribution < -0.4 is 10.6 Å². The molecule has 1 aliphatic carbocycles. The van der Waals surface area contributed by atoms with Crippen LogP contribution in [0.25, 0.3) is 0 Å². The Morgan fingerprint density at radius 1 is 1.37 bits per heavy atom. The summed E-state index contributed by atoms with van der Waals surface area (Å²) in [6, 6.07) is 2.47. The lowest BCUT2D eigenvalue weighted by Crippen LogP contribution is -2.35. The molecule has 6 nitrogen and oxygen atoms in total. The van der Waals surface area contributed by atoms with Crippen molar-refractivity contribution >= 4 is 27.4 Å². The van der Waals surface area contributed by atoms with E-state index in [9.17, 15) is 10.1 Å². The smallest absolute Gasteiger partial charge is 0.288 e. The lowest BCUT2D eigenvalue weighted by molar-refractivity contribution is -0.385. The summed E-state index contributed by atoms with van der Waals surface area (Å²) in [5, 5.41) is 17.3. The third-order valence-electron chi connectivity index (χ3n) is 3.51. The number of rotatable bonds is 4. The summed E-state index contributed by atoms with van der Waals surface area (Å²) in [5.74, 6) is 0.679. The van der Waals surface area contributed by atoms with E-state index in [-0.39, 0.29) is 5.69 Å². The predicted molar refractivity (Wildman–Crippen MR) is 77.3 cm³/mol. The Balaban J connectivity index is 1.98. The molecule has 0 bridgehead atoms. The summed E-state index contributed by atoms with van der Waals surface area (Å²) >= 11 is 3.33. The minimum absolute atomic E-state index is 0.00341. The topological polar surface area (TPSA) is 80.1 Å². The Hall–Kier alpha value is -1.21. The van der Waals surface area contributed by atoms with Crippen LogP contribution in [0.5, 0.6) is 0 Å². The summed E-state index contributed by atoms with van der Waals surface area (Å²) in [7, 11) is 1.99. The largest absolute Gasteiger partial charge is 0.366 e. The molecule has 1 saturated carbocycles. The van der Waals surface area contributed by atoms with Gasteiger partial charge in [-0.3, -0.25) is 10.1 Å². The van der Waals surface area contributed by atoms with Gasteiger partial charge in [-0.05, 0) is 48.7 Å². The van der Waals surface area contributed by atoms with E-state index < -0.39 is 4.92 Å².